The average molecular weight is 447 g/mol. The van der Waals surface area contributed by atoms with Crippen molar-refractivity contribution < 1.29 is 23.6 Å². The van der Waals surface area contributed by atoms with E-state index >= 15 is 0 Å². The van der Waals surface area contributed by atoms with Crippen LogP contribution >= 0.6 is 11.3 Å². The normalized spacial score (nSPS) is 20.9. The lowest BCUT2D eigenvalue weighted by atomic mass is 10.1. The zero-order chi connectivity index (χ0) is 22.0. The first-order chi connectivity index (χ1) is 14.9. The van der Waals surface area contributed by atoms with Crippen molar-refractivity contribution in [2.24, 2.45) is 5.92 Å². The van der Waals surface area contributed by atoms with Gasteiger partial charge in [0.05, 0.1) is 29.2 Å². The molecule has 10 heteroatoms. The van der Waals surface area contributed by atoms with Gasteiger partial charge in [0, 0.05) is 37.1 Å². The number of hydrogen-bond donors (Lipinski definition) is 0. The molecule has 2 amide bonds. The van der Waals surface area contributed by atoms with E-state index in [1.165, 1.54) is 11.0 Å². The van der Waals surface area contributed by atoms with Crippen molar-refractivity contribution in [1.82, 2.24) is 4.90 Å². The van der Waals surface area contributed by atoms with Gasteiger partial charge in [-0.15, -0.1) is 11.3 Å². The molecule has 0 bridgehead atoms. The number of amides is 2. The molecule has 2 aliphatic rings. The third kappa shape index (κ3) is 4.75. The number of nitrogens with zero attached hydrogens (tertiary/aromatic N) is 3. The molecule has 3 heterocycles. The van der Waals surface area contributed by atoms with Crippen molar-refractivity contribution in [2.45, 2.75) is 31.9 Å². The zero-order valence-corrected chi connectivity index (χ0v) is 17.6. The molecule has 164 valence electrons. The van der Waals surface area contributed by atoms with Gasteiger partial charge in [0.15, 0.2) is 0 Å². The van der Waals surface area contributed by atoms with E-state index in [1.807, 2.05) is 17.5 Å². The Hall–Kier alpha value is -2.85. The quantitative estimate of drug-likeness (QED) is 0.479. The van der Waals surface area contributed by atoms with Crippen molar-refractivity contribution >= 4 is 34.5 Å². The molecule has 0 saturated carbocycles. The number of anilines is 1. The van der Waals surface area contributed by atoms with E-state index in [0.29, 0.717) is 19.7 Å². The number of nitro groups is 1. The van der Waals surface area contributed by atoms with Crippen LogP contribution in [0.2, 0.25) is 0 Å². The molecule has 2 atom stereocenters. The lowest BCUT2D eigenvalue weighted by Crippen LogP contribution is -2.41. The van der Waals surface area contributed by atoms with Crippen LogP contribution in [-0.4, -0.2) is 47.4 Å². The molecule has 2 aliphatic heterocycles. The van der Waals surface area contributed by atoms with Gasteiger partial charge >= 0.3 is 5.69 Å². The molecule has 0 aliphatic carbocycles. The van der Waals surface area contributed by atoms with Crippen LogP contribution in [0.5, 0.6) is 0 Å². The van der Waals surface area contributed by atoms with Gasteiger partial charge in [-0.3, -0.25) is 19.7 Å². The molecule has 0 spiro atoms. The molecule has 2 fully saturated rings. The van der Waals surface area contributed by atoms with E-state index < -0.39 is 22.3 Å². The SMILES string of the molecule is O=C(C1CC(=O)N(c2ccc(F)c([N+](=O)[O-])c2)C1)N(Cc1cccs1)CC1CCCO1. The second kappa shape index (κ2) is 9.11. The molecule has 2 saturated heterocycles. The fourth-order valence-corrected chi connectivity index (χ4v) is 4.77. The molecular weight excluding hydrogens is 425 g/mol. The summed E-state index contributed by atoms with van der Waals surface area (Å²) in [5.41, 5.74) is -0.477. The summed E-state index contributed by atoms with van der Waals surface area (Å²) in [6, 6.07) is 7.22. The smallest absolute Gasteiger partial charge is 0.306 e. The number of carbonyl (C=O) groups is 2. The first-order valence-corrected chi connectivity index (χ1v) is 11.0. The van der Waals surface area contributed by atoms with Gasteiger partial charge in [-0.05, 0) is 36.4 Å². The molecular formula is C21H22FN3O5S. The van der Waals surface area contributed by atoms with Crippen molar-refractivity contribution in [1.29, 1.82) is 0 Å². The second-order valence-electron chi connectivity index (χ2n) is 7.73. The fourth-order valence-electron chi connectivity index (χ4n) is 4.05. The maximum atomic E-state index is 13.7. The summed E-state index contributed by atoms with van der Waals surface area (Å²) in [5.74, 6) is -1.99. The summed E-state index contributed by atoms with van der Waals surface area (Å²) in [4.78, 5) is 40.3. The number of hydrogen-bond acceptors (Lipinski definition) is 6. The maximum Gasteiger partial charge on any atom is 0.306 e. The zero-order valence-electron chi connectivity index (χ0n) is 16.7. The lowest BCUT2D eigenvalue weighted by molar-refractivity contribution is -0.387. The van der Waals surface area contributed by atoms with Crippen LogP contribution < -0.4 is 4.90 Å². The first-order valence-electron chi connectivity index (χ1n) is 10.1. The highest BCUT2D eigenvalue weighted by molar-refractivity contribution is 7.09. The standard InChI is InChI=1S/C21H22FN3O5S/c22-18-6-5-15(10-19(18)25(28)29)24-11-14(9-20(24)26)21(27)23(12-16-3-1-7-30-16)13-17-4-2-8-31-17/h2,4-6,8,10,14,16H,1,3,7,9,11-13H2. The Bertz CT molecular complexity index is 977. The van der Waals surface area contributed by atoms with Gasteiger partial charge in [-0.25, -0.2) is 0 Å². The summed E-state index contributed by atoms with van der Waals surface area (Å²) in [5, 5.41) is 13.0. The summed E-state index contributed by atoms with van der Waals surface area (Å²) in [7, 11) is 0. The van der Waals surface area contributed by atoms with Crippen molar-refractivity contribution in [3.8, 4) is 0 Å². The number of benzene rings is 1. The van der Waals surface area contributed by atoms with E-state index in [4.69, 9.17) is 4.74 Å². The molecule has 4 rings (SSSR count). The minimum atomic E-state index is -0.966. The highest BCUT2D eigenvalue weighted by Crippen LogP contribution is 2.31. The van der Waals surface area contributed by atoms with Crippen LogP contribution in [-0.2, 0) is 20.9 Å². The Kier molecular flexibility index (Phi) is 6.28. The third-order valence-electron chi connectivity index (χ3n) is 5.60. The van der Waals surface area contributed by atoms with Gasteiger partial charge in [0.25, 0.3) is 0 Å². The van der Waals surface area contributed by atoms with Gasteiger partial charge in [0.1, 0.15) is 0 Å². The van der Waals surface area contributed by atoms with E-state index in [0.717, 1.165) is 29.9 Å². The molecule has 8 nitrogen and oxygen atoms in total. The number of thiophene rings is 1. The van der Waals surface area contributed by atoms with E-state index in [-0.39, 0.29) is 36.6 Å². The number of halogens is 1. The number of nitro benzene ring substituents is 1. The van der Waals surface area contributed by atoms with Crippen LogP contribution in [0, 0.1) is 21.8 Å². The van der Waals surface area contributed by atoms with Crippen LogP contribution in [0.1, 0.15) is 24.1 Å². The van der Waals surface area contributed by atoms with Crippen LogP contribution in [0.15, 0.2) is 35.7 Å². The molecule has 0 radical (unpaired) electrons. The van der Waals surface area contributed by atoms with Crippen LogP contribution in [0.4, 0.5) is 15.8 Å². The molecule has 31 heavy (non-hydrogen) atoms. The Labute approximate surface area is 182 Å². The van der Waals surface area contributed by atoms with Crippen molar-refractivity contribution in [2.75, 3.05) is 24.6 Å². The topological polar surface area (TPSA) is 93.0 Å². The van der Waals surface area contributed by atoms with Gasteiger partial charge < -0.3 is 14.5 Å². The van der Waals surface area contributed by atoms with Gasteiger partial charge in [-0.2, -0.15) is 4.39 Å². The maximum absolute atomic E-state index is 13.7. The predicted molar refractivity (Wildman–Crippen MR) is 112 cm³/mol. The average Bonchev–Trinajstić information content (AvgIpc) is 3.50. The fraction of sp³-hybridized carbons (Fsp3) is 0.429. The van der Waals surface area contributed by atoms with E-state index in [9.17, 15) is 24.1 Å². The Morgan fingerprint density at radius 1 is 1.39 bits per heavy atom. The number of ether oxygens (including phenoxy) is 1. The van der Waals surface area contributed by atoms with E-state index in [2.05, 4.69) is 0 Å². The molecule has 0 N–H and O–H groups in total. The molecule has 1 aromatic carbocycles. The Morgan fingerprint density at radius 3 is 2.90 bits per heavy atom. The lowest BCUT2D eigenvalue weighted by Gasteiger charge is -2.27. The van der Waals surface area contributed by atoms with Gasteiger partial charge in [-0.1, -0.05) is 6.07 Å². The summed E-state index contributed by atoms with van der Waals surface area (Å²) < 4.78 is 19.4. The first kappa shape index (κ1) is 21.4. The number of carbonyl (C=O) groups excluding carboxylic acids is 2. The highest BCUT2D eigenvalue weighted by Gasteiger charge is 2.38. The van der Waals surface area contributed by atoms with Gasteiger partial charge in [0.2, 0.25) is 17.6 Å². The monoisotopic (exact) mass is 447 g/mol. The van der Waals surface area contributed by atoms with E-state index in [1.54, 1.807) is 16.2 Å². The largest absolute Gasteiger partial charge is 0.376 e. The van der Waals surface area contributed by atoms with Crippen molar-refractivity contribution in [3.63, 3.8) is 0 Å². The summed E-state index contributed by atoms with van der Waals surface area (Å²) >= 11 is 1.56. The minimum absolute atomic E-state index is 0.0104. The molecule has 2 unspecified atom stereocenters. The summed E-state index contributed by atoms with van der Waals surface area (Å²) in [6.07, 6.45) is 1.85. The Morgan fingerprint density at radius 2 is 2.23 bits per heavy atom. The Balaban J connectivity index is 1.51. The second-order valence-corrected chi connectivity index (χ2v) is 8.76. The highest BCUT2D eigenvalue weighted by atomic mass is 32.1. The molecule has 2 aromatic rings. The summed E-state index contributed by atoms with van der Waals surface area (Å²) in [6.45, 7) is 1.70. The molecule has 1 aromatic heterocycles. The number of rotatable bonds is 7. The minimum Gasteiger partial charge on any atom is -0.376 e. The predicted octanol–water partition coefficient (Wildman–Crippen LogP) is 3.36. The van der Waals surface area contributed by atoms with Crippen LogP contribution in [0.3, 0.4) is 0 Å². The van der Waals surface area contributed by atoms with Crippen LogP contribution in [0.25, 0.3) is 0 Å². The van der Waals surface area contributed by atoms with Crippen molar-refractivity contribution in [3.05, 3.63) is 56.5 Å². The third-order valence-corrected chi connectivity index (χ3v) is 6.46.